The van der Waals surface area contributed by atoms with Gasteiger partial charge in [0, 0.05) is 12.8 Å². The highest BCUT2D eigenvalue weighted by Gasteiger charge is 2.28. The van der Waals surface area contributed by atoms with Gasteiger partial charge in [0.2, 0.25) is 5.91 Å². The van der Waals surface area contributed by atoms with E-state index in [2.05, 4.69) is 31.3 Å². The van der Waals surface area contributed by atoms with E-state index >= 15 is 0 Å². The second-order valence-corrected chi connectivity index (χ2v) is 12.8. The number of ether oxygens (including phenoxy) is 1. The molecule has 11 nitrogen and oxygen atoms in total. The largest absolute Gasteiger partial charge is 0.480 e. The second-order valence-electron chi connectivity index (χ2n) is 11.4. The summed E-state index contributed by atoms with van der Waals surface area (Å²) in [5.74, 6) is -2.39. The molecule has 0 fully saturated rings. The number of hydrogen-bond acceptors (Lipinski definition) is 8. The third kappa shape index (κ3) is 27.7. The molecule has 0 aromatic rings. The van der Waals surface area contributed by atoms with Crippen LogP contribution in [0.5, 0.6) is 0 Å². The average molecular weight is 650 g/mol. The molecule has 12 heteroatoms. The Bertz CT molecular complexity index is 823. The summed E-state index contributed by atoms with van der Waals surface area (Å²) in [5, 5.41) is 21.6. The molecule has 0 bridgehead atoms. The predicted octanol–water partition coefficient (Wildman–Crippen LogP) is 6.99. The van der Waals surface area contributed by atoms with Gasteiger partial charge in [0.15, 0.2) is 6.04 Å². The number of unbranched alkanes of at least 4 members (excludes halogenated alkanes) is 15. The number of carboxylic acid groups (broad SMARTS) is 1. The fourth-order valence-corrected chi connectivity index (χ4v) is 5.15. The SMILES string of the molecule is CCC/C=C\CCCCCCCC(=O)OCC(O)COP(=O)(O)OCC(NC(=O)CCCCCCCCCCCC)C(=O)O. The van der Waals surface area contributed by atoms with E-state index in [1.165, 1.54) is 38.5 Å². The molecule has 0 aromatic heterocycles. The molecule has 0 rings (SSSR count). The molecule has 0 radical (unpaired) electrons. The Morgan fingerprint density at radius 2 is 1.23 bits per heavy atom. The van der Waals surface area contributed by atoms with Crippen molar-refractivity contribution in [3.05, 3.63) is 12.2 Å². The Balaban J connectivity index is 4.04. The number of nitrogens with one attached hydrogen (secondary N) is 1. The summed E-state index contributed by atoms with van der Waals surface area (Å²) in [6.45, 7) is 2.45. The van der Waals surface area contributed by atoms with Crippen LogP contribution >= 0.6 is 7.82 Å². The lowest BCUT2D eigenvalue weighted by molar-refractivity contribution is -0.147. The van der Waals surface area contributed by atoms with Gasteiger partial charge in [-0.05, 0) is 32.1 Å². The van der Waals surface area contributed by atoms with Crippen LogP contribution in [0.2, 0.25) is 0 Å². The van der Waals surface area contributed by atoms with Crippen LogP contribution in [-0.2, 0) is 32.7 Å². The Morgan fingerprint density at radius 1 is 0.705 bits per heavy atom. The maximum Gasteiger partial charge on any atom is 0.472 e. The van der Waals surface area contributed by atoms with Gasteiger partial charge in [-0.15, -0.1) is 0 Å². The zero-order valence-corrected chi connectivity index (χ0v) is 28.1. The van der Waals surface area contributed by atoms with Crippen molar-refractivity contribution in [3.8, 4) is 0 Å². The number of aliphatic hydroxyl groups excluding tert-OH is 1. The number of allylic oxidation sites excluding steroid dienone is 2. The predicted molar refractivity (Wildman–Crippen MR) is 171 cm³/mol. The van der Waals surface area contributed by atoms with Gasteiger partial charge in [0.25, 0.3) is 0 Å². The first-order valence-corrected chi connectivity index (χ1v) is 18.2. The molecule has 0 saturated heterocycles. The number of hydrogen-bond donors (Lipinski definition) is 4. The molecule has 0 aliphatic heterocycles. The first kappa shape index (κ1) is 42.2. The summed E-state index contributed by atoms with van der Waals surface area (Å²) in [6.07, 6.45) is 22.7. The van der Waals surface area contributed by atoms with Crippen molar-refractivity contribution in [2.45, 2.75) is 154 Å². The van der Waals surface area contributed by atoms with E-state index in [0.717, 1.165) is 64.2 Å². The number of carbonyl (C=O) groups is 3. The molecular weight excluding hydrogens is 589 g/mol. The maximum absolute atomic E-state index is 12.2. The smallest absolute Gasteiger partial charge is 0.472 e. The molecule has 0 saturated carbocycles. The minimum Gasteiger partial charge on any atom is -0.480 e. The Labute approximate surface area is 265 Å². The number of aliphatic carboxylic acids is 1. The molecule has 3 atom stereocenters. The van der Waals surface area contributed by atoms with Gasteiger partial charge in [-0.2, -0.15) is 0 Å². The lowest BCUT2D eigenvalue weighted by Crippen LogP contribution is -2.43. The molecule has 0 heterocycles. The second kappa shape index (κ2) is 28.7. The number of phosphoric ester groups is 1. The van der Waals surface area contributed by atoms with Crippen molar-refractivity contribution < 1.29 is 47.8 Å². The molecule has 0 aliphatic rings. The van der Waals surface area contributed by atoms with Gasteiger partial charge in [-0.1, -0.05) is 109 Å². The molecule has 3 unspecified atom stereocenters. The van der Waals surface area contributed by atoms with Crippen molar-refractivity contribution in [3.63, 3.8) is 0 Å². The average Bonchev–Trinajstić information content (AvgIpc) is 2.99. The minimum absolute atomic E-state index is 0.148. The summed E-state index contributed by atoms with van der Waals surface area (Å²) in [7, 11) is -4.74. The van der Waals surface area contributed by atoms with Crippen molar-refractivity contribution in [1.29, 1.82) is 0 Å². The van der Waals surface area contributed by atoms with Crippen molar-refractivity contribution >= 4 is 25.7 Å². The van der Waals surface area contributed by atoms with Crippen LogP contribution in [0.4, 0.5) is 0 Å². The van der Waals surface area contributed by atoms with Gasteiger partial charge in [-0.25, -0.2) is 9.36 Å². The van der Waals surface area contributed by atoms with Gasteiger partial charge in [0.1, 0.15) is 12.7 Å². The van der Waals surface area contributed by atoms with Crippen molar-refractivity contribution in [1.82, 2.24) is 5.32 Å². The van der Waals surface area contributed by atoms with Gasteiger partial charge in [-0.3, -0.25) is 18.6 Å². The summed E-state index contributed by atoms with van der Waals surface area (Å²) in [6, 6.07) is -1.54. The fraction of sp³-hybridized carbons (Fsp3) is 0.844. The van der Waals surface area contributed by atoms with Crippen LogP contribution in [0.3, 0.4) is 0 Å². The lowest BCUT2D eigenvalue weighted by Gasteiger charge is -2.18. The number of carboxylic acids is 1. The Hall–Kier alpha value is -1.78. The number of amides is 1. The van der Waals surface area contributed by atoms with Gasteiger partial charge in [0.05, 0.1) is 13.2 Å². The molecule has 0 spiro atoms. The first-order chi connectivity index (χ1) is 21.1. The highest BCUT2D eigenvalue weighted by atomic mass is 31.2. The van der Waals surface area contributed by atoms with Crippen molar-refractivity contribution in [2.24, 2.45) is 0 Å². The minimum atomic E-state index is -4.74. The van der Waals surface area contributed by atoms with Crippen LogP contribution in [0.15, 0.2) is 12.2 Å². The summed E-state index contributed by atoms with van der Waals surface area (Å²) in [5.41, 5.74) is 0. The summed E-state index contributed by atoms with van der Waals surface area (Å²) in [4.78, 5) is 45.4. The van der Waals surface area contributed by atoms with E-state index in [4.69, 9.17) is 13.8 Å². The van der Waals surface area contributed by atoms with Gasteiger partial charge >= 0.3 is 19.8 Å². The van der Waals surface area contributed by atoms with Crippen LogP contribution < -0.4 is 5.32 Å². The standard InChI is InChI=1S/C32H60NO10P/c1-3-5-7-9-11-13-15-17-19-21-23-30(35)33-29(32(37)38)27-43-44(39,40)42-26-28(34)25-41-31(36)24-22-20-18-16-14-12-10-8-6-4-2/h8,10,28-29,34H,3-7,9,11-27H2,1-2H3,(H,33,35)(H,37,38)(H,39,40)/b10-8-. The number of phosphoric acid groups is 1. The summed E-state index contributed by atoms with van der Waals surface area (Å²) >= 11 is 0. The van der Waals surface area contributed by atoms with Crippen LogP contribution in [0.25, 0.3) is 0 Å². The van der Waals surface area contributed by atoms with E-state index in [-0.39, 0.29) is 12.8 Å². The third-order valence-electron chi connectivity index (χ3n) is 7.04. The number of aliphatic hydroxyl groups is 1. The van der Waals surface area contributed by atoms with E-state index < -0.39 is 57.6 Å². The monoisotopic (exact) mass is 649 g/mol. The highest BCUT2D eigenvalue weighted by Crippen LogP contribution is 2.43. The quantitative estimate of drug-likeness (QED) is 0.0266. The van der Waals surface area contributed by atoms with E-state index in [1.54, 1.807) is 0 Å². The first-order valence-electron chi connectivity index (χ1n) is 16.7. The fourth-order valence-electron chi connectivity index (χ4n) is 4.37. The van der Waals surface area contributed by atoms with Gasteiger partial charge < -0.3 is 25.2 Å². The topological polar surface area (TPSA) is 169 Å². The maximum atomic E-state index is 12.2. The highest BCUT2D eigenvalue weighted by molar-refractivity contribution is 7.47. The number of carbonyl (C=O) groups excluding carboxylic acids is 2. The zero-order chi connectivity index (χ0) is 32.9. The lowest BCUT2D eigenvalue weighted by atomic mass is 10.1. The van der Waals surface area contributed by atoms with E-state index in [9.17, 15) is 34.1 Å². The zero-order valence-electron chi connectivity index (χ0n) is 27.2. The Morgan fingerprint density at radius 3 is 1.82 bits per heavy atom. The molecule has 0 aliphatic carbocycles. The number of rotatable bonds is 31. The van der Waals surface area contributed by atoms with Crippen LogP contribution in [0, 0.1) is 0 Å². The third-order valence-corrected chi connectivity index (χ3v) is 7.99. The summed E-state index contributed by atoms with van der Waals surface area (Å²) < 4.78 is 26.5. The molecule has 1 amide bonds. The molecule has 4 N–H and O–H groups in total. The Kier molecular flexibility index (Phi) is 27.5. The number of esters is 1. The van der Waals surface area contributed by atoms with E-state index in [0.29, 0.717) is 12.8 Å². The van der Waals surface area contributed by atoms with E-state index in [1.807, 2.05) is 0 Å². The molecule has 258 valence electrons. The van der Waals surface area contributed by atoms with Crippen molar-refractivity contribution in [2.75, 3.05) is 19.8 Å². The molecular formula is C32H60NO10P. The van der Waals surface area contributed by atoms with Crippen LogP contribution in [0.1, 0.15) is 142 Å². The molecule has 0 aromatic carbocycles. The van der Waals surface area contributed by atoms with Crippen LogP contribution in [-0.4, -0.2) is 64.9 Å². The normalized spacial score (nSPS) is 14.3. The molecule has 44 heavy (non-hydrogen) atoms.